The highest BCUT2D eigenvalue weighted by atomic mass is 16.5. The molecular weight excluding hydrogens is 296 g/mol. The van der Waals surface area contributed by atoms with Crippen LogP contribution in [0.25, 0.3) is 11.1 Å². The van der Waals surface area contributed by atoms with Gasteiger partial charge in [-0.1, -0.05) is 6.07 Å². The fourth-order valence-corrected chi connectivity index (χ4v) is 2.32. The van der Waals surface area contributed by atoms with Crippen LogP contribution in [0.4, 0.5) is 5.69 Å². The van der Waals surface area contributed by atoms with Crippen molar-refractivity contribution < 1.29 is 18.7 Å². The standard InChI is InChI=1S/C17H16N2O4/c1-21-15-5-3-11(7-16(15)22-2)8-17(20)19-12-4-6-14-13(9-12)18-10-23-14/h3-7,9-10H,8H2,1-2H3,(H,19,20). The predicted octanol–water partition coefficient (Wildman–Crippen LogP) is 3.03. The zero-order chi connectivity index (χ0) is 16.2. The molecule has 3 rings (SSSR count). The Labute approximate surface area is 133 Å². The number of nitrogens with zero attached hydrogens (tertiary/aromatic N) is 1. The molecule has 0 saturated heterocycles. The number of carbonyl (C=O) groups is 1. The zero-order valence-corrected chi connectivity index (χ0v) is 12.8. The maximum atomic E-state index is 12.2. The van der Waals surface area contributed by atoms with E-state index in [-0.39, 0.29) is 12.3 Å². The number of ether oxygens (including phenoxy) is 2. The van der Waals surface area contributed by atoms with Crippen molar-refractivity contribution in [2.75, 3.05) is 19.5 Å². The zero-order valence-electron chi connectivity index (χ0n) is 12.8. The van der Waals surface area contributed by atoms with E-state index in [0.29, 0.717) is 28.3 Å². The van der Waals surface area contributed by atoms with E-state index >= 15 is 0 Å². The van der Waals surface area contributed by atoms with Gasteiger partial charge in [0, 0.05) is 5.69 Å². The number of aromatic nitrogens is 1. The SMILES string of the molecule is COc1ccc(CC(=O)Nc2ccc3ocnc3c2)cc1OC. The van der Waals surface area contributed by atoms with Crippen molar-refractivity contribution >= 4 is 22.7 Å². The second-order valence-corrected chi connectivity index (χ2v) is 4.95. The Morgan fingerprint density at radius 3 is 2.74 bits per heavy atom. The molecule has 1 heterocycles. The lowest BCUT2D eigenvalue weighted by Gasteiger charge is -2.10. The summed E-state index contributed by atoms with van der Waals surface area (Å²) in [5.41, 5.74) is 2.90. The lowest BCUT2D eigenvalue weighted by Crippen LogP contribution is -2.14. The van der Waals surface area contributed by atoms with Crippen molar-refractivity contribution in [1.29, 1.82) is 0 Å². The van der Waals surface area contributed by atoms with Crippen LogP contribution in [0.3, 0.4) is 0 Å². The number of nitrogens with one attached hydrogen (secondary N) is 1. The summed E-state index contributed by atoms with van der Waals surface area (Å²) in [5, 5.41) is 2.85. The van der Waals surface area contributed by atoms with Crippen molar-refractivity contribution in [2.45, 2.75) is 6.42 Å². The van der Waals surface area contributed by atoms with Gasteiger partial charge < -0.3 is 19.2 Å². The van der Waals surface area contributed by atoms with Crippen molar-refractivity contribution in [3.63, 3.8) is 0 Å². The van der Waals surface area contributed by atoms with E-state index in [0.717, 1.165) is 5.56 Å². The molecule has 2 aromatic carbocycles. The number of methoxy groups -OCH3 is 2. The Balaban J connectivity index is 1.71. The van der Waals surface area contributed by atoms with Crippen LogP contribution in [0.1, 0.15) is 5.56 Å². The minimum absolute atomic E-state index is 0.125. The summed E-state index contributed by atoms with van der Waals surface area (Å²) in [6.45, 7) is 0. The van der Waals surface area contributed by atoms with Crippen molar-refractivity contribution in [3.8, 4) is 11.5 Å². The first kappa shape index (κ1) is 14.9. The lowest BCUT2D eigenvalue weighted by molar-refractivity contribution is -0.115. The number of hydrogen-bond donors (Lipinski definition) is 1. The molecule has 0 radical (unpaired) electrons. The van der Waals surface area contributed by atoms with E-state index in [2.05, 4.69) is 10.3 Å². The average Bonchev–Trinajstić information content (AvgIpc) is 3.02. The van der Waals surface area contributed by atoms with Gasteiger partial charge in [0.25, 0.3) is 0 Å². The van der Waals surface area contributed by atoms with Crippen LogP contribution in [0.2, 0.25) is 0 Å². The van der Waals surface area contributed by atoms with E-state index in [1.54, 1.807) is 44.6 Å². The summed E-state index contributed by atoms with van der Waals surface area (Å²) >= 11 is 0. The number of carbonyl (C=O) groups excluding carboxylic acids is 1. The first-order valence-corrected chi connectivity index (χ1v) is 7.03. The number of hydrogen-bond acceptors (Lipinski definition) is 5. The maximum Gasteiger partial charge on any atom is 0.228 e. The second-order valence-electron chi connectivity index (χ2n) is 4.95. The molecule has 118 valence electrons. The molecule has 6 heteroatoms. The van der Waals surface area contributed by atoms with Crippen LogP contribution < -0.4 is 14.8 Å². The Hall–Kier alpha value is -3.02. The monoisotopic (exact) mass is 312 g/mol. The summed E-state index contributed by atoms with van der Waals surface area (Å²) in [6, 6.07) is 10.7. The molecule has 3 aromatic rings. The minimum Gasteiger partial charge on any atom is -0.493 e. The van der Waals surface area contributed by atoms with Gasteiger partial charge in [-0.3, -0.25) is 4.79 Å². The quantitative estimate of drug-likeness (QED) is 0.784. The molecule has 1 N–H and O–H groups in total. The first-order chi connectivity index (χ1) is 11.2. The van der Waals surface area contributed by atoms with Crippen LogP contribution in [-0.2, 0) is 11.2 Å². The molecule has 0 saturated carbocycles. The summed E-state index contributed by atoms with van der Waals surface area (Å²) in [7, 11) is 3.14. The average molecular weight is 312 g/mol. The fourth-order valence-electron chi connectivity index (χ4n) is 2.32. The molecule has 1 amide bonds. The molecule has 23 heavy (non-hydrogen) atoms. The van der Waals surface area contributed by atoms with E-state index in [9.17, 15) is 4.79 Å². The number of anilines is 1. The topological polar surface area (TPSA) is 73.6 Å². The fraction of sp³-hybridized carbons (Fsp3) is 0.176. The Bertz CT molecular complexity index is 841. The first-order valence-electron chi connectivity index (χ1n) is 7.03. The lowest BCUT2D eigenvalue weighted by atomic mass is 10.1. The molecule has 0 unspecified atom stereocenters. The van der Waals surface area contributed by atoms with Gasteiger partial charge in [-0.25, -0.2) is 4.98 Å². The molecule has 0 fully saturated rings. The molecule has 0 spiro atoms. The molecule has 0 bridgehead atoms. The molecule has 0 aliphatic carbocycles. The van der Waals surface area contributed by atoms with Crippen LogP contribution >= 0.6 is 0 Å². The smallest absolute Gasteiger partial charge is 0.228 e. The predicted molar refractivity (Wildman–Crippen MR) is 85.9 cm³/mol. The van der Waals surface area contributed by atoms with Gasteiger partial charge in [-0.05, 0) is 35.9 Å². The summed E-state index contributed by atoms with van der Waals surface area (Å²) in [6.07, 6.45) is 1.61. The summed E-state index contributed by atoms with van der Waals surface area (Å²) in [5.74, 6) is 1.11. The molecule has 0 atom stereocenters. The van der Waals surface area contributed by atoms with Gasteiger partial charge in [0.1, 0.15) is 5.52 Å². The minimum atomic E-state index is -0.125. The van der Waals surface area contributed by atoms with Crippen molar-refractivity contribution in [2.24, 2.45) is 0 Å². The number of oxazole rings is 1. The number of fused-ring (bicyclic) bond motifs is 1. The van der Waals surface area contributed by atoms with Gasteiger partial charge in [-0.15, -0.1) is 0 Å². The normalized spacial score (nSPS) is 10.5. The van der Waals surface area contributed by atoms with Gasteiger partial charge >= 0.3 is 0 Å². The molecule has 0 aliphatic heterocycles. The number of benzene rings is 2. The molecule has 1 aromatic heterocycles. The Kier molecular flexibility index (Phi) is 4.14. The maximum absolute atomic E-state index is 12.2. The van der Waals surface area contributed by atoms with Crippen LogP contribution in [0, 0.1) is 0 Å². The van der Waals surface area contributed by atoms with Crippen molar-refractivity contribution in [1.82, 2.24) is 4.98 Å². The van der Waals surface area contributed by atoms with Crippen LogP contribution in [0.5, 0.6) is 11.5 Å². The summed E-state index contributed by atoms with van der Waals surface area (Å²) in [4.78, 5) is 16.2. The third-order valence-corrected chi connectivity index (χ3v) is 3.43. The van der Waals surface area contributed by atoms with Crippen molar-refractivity contribution in [3.05, 3.63) is 48.4 Å². The Morgan fingerprint density at radius 2 is 1.96 bits per heavy atom. The van der Waals surface area contributed by atoms with Crippen LogP contribution in [-0.4, -0.2) is 25.1 Å². The Morgan fingerprint density at radius 1 is 1.13 bits per heavy atom. The van der Waals surface area contributed by atoms with E-state index in [1.165, 1.54) is 6.39 Å². The van der Waals surface area contributed by atoms with Gasteiger partial charge in [0.15, 0.2) is 23.5 Å². The van der Waals surface area contributed by atoms with Crippen LogP contribution in [0.15, 0.2) is 47.2 Å². The largest absolute Gasteiger partial charge is 0.493 e. The summed E-state index contributed by atoms with van der Waals surface area (Å²) < 4.78 is 15.6. The van der Waals surface area contributed by atoms with Gasteiger partial charge in [0.05, 0.1) is 20.6 Å². The van der Waals surface area contributed by atoms with Gasteiger partial charge in [0.2, 0.25) is 5.91 Å². The second kappa shape index (κ2) is 6.39. The van der Waals surface area contributed by atoms with E-state index < -0.39 is 0 Å². The number of rotatable bonds is 5. The van der Waals surface area contributed by atoms with E-state index in [4.69, 9.17) is 13.9 Å². The highest BCUT2D eigenvalue weighted by Gasteiger charge is 2.09. The third-order valence-electron chi connectivity index (χ3n) is 3.43. The molecular formula is C17H16N2O4. The highest BCUT2D eigenvalue weighted by molar-refractivity contribution is 5.94. The van der Waals surface area contributed by atoms with E-state index in [1.807, 2.05) is 6.07 Å². The number of amides is 1. The molecule has 0 aliphatic rings. The van der Waals surface area contributed by atoms with Gasteiger partial charge in [-0.2, -0.15) is 0 Å². The third kappa shape index (κ3) is 3.26. The molecule has 6 nitrogen and oxygen atoms in total. The highest BCUT2D eigenvalue weighted by Crippen LogP contribution is 2.27.